The van der Waals surface area contributed by atoms with E-state index < -0.39 is 6.10 Å². The van der Waals surface area contributed by atoms with E-state index >= 15 is 0 Å². The van der Waals surface area contributed by atoms with E-state index in [1.165, 1.54) is 0 Å². The highest BCUT2D eigenvalue weighted by Gasteiger charge is 2.18. The summed E-state index contributed by atoms with van der Waals surface area (Å²) in [6.07, 6.45) is 2.47. The molecule has 1 heterocycles. The molecule has 118 valence electrons. The van der Waals surface area contributed by atoms with Crippen LogP contribution < -0.4 is 5.32 Å². The normalized spacial score (nSPS) is 13.9. The monoisotopic (exact) mass is 301 g/mol. The third-order valence-electron chi connectivity index (χ3n) is 3.81. The van der Waals surface area contributed by atoms with Gasteiger partial charge in [-0.05, 0) is 18.4 Å². The van der Waals surface area contributed by atoms with Crippen molar-refractivity contribution in [3.05, 3.63) is 54.1 Å². The first-order chi connectivity index (χ1) is 10.5. The first-order valence-corrected chi connectivity index (χ1v) is 7.52. The Balaban J connectivity index is 2.08. The standard InChI is InChI=1S/C17H23N3O2/c1-12(2)13(3)19-15(21)11-20-10-9-18-17(20)16(22)14-7-5-4-6-8-14/h4-10,12-13,16,22H,11H2,1-3H3,(H,19,21)/t13-,16+/m1/s1. The summed E-state index contributed by atoms with van der Waals surface area (Å²) in [4.78, 5) is 16.3. The Morgan fingerprint density at radius 3 is 2.59 bits per heavy atom. The molecule has 0 aliphatic carbocycles. The van der Waals surface area contributed by atoms with Crippen molar-refractivity contribution in [2.24, 2.45) is 5.92 Å². The maximum atomic E-state index is 12.1. The average Bonchev–Trinajstić information content (AvgIpc) is 2.95. The number of aromatic nitrogens is 2. The number of nitrogens with zero attached hydrogens (tertiary/aromatic N) is 2. The Morgan fingerprint density at radius 2 is 1.95 bits per heavy atom. The van der Waals surface area contributed by atoms with E-state index in [1.807, 2.05) is 37.3 Å². The number of amides is 1. The maximum Gasteiger partial charge on any atom is 0.240 e. The number of benzene rings is 1. The molecule has 1 amide bonds. The minimum atomic E-state index is -0.841. The van der Waals surface area contributed by atoms with Crippen molar-refractivity contribution in [2.75, 3.05) is 0 Å². The SMILES string of the molecule is CC(C)[C@@H](C)NC(=O)Cn1ccnc1[C@@H](O)c1ccccc1. The number of hydrogen-bond donors (Lipinski definition) is 2. The summed E-state index contributed by atoms with van der Waals surface area (Å²) in [6.45, 7) is 6.26. The molecule has 0 fully saturated rings. The molecule has 0 aliphatic heterocycles. The van der Waals surface area contributed by atoms with Gasteiger partial charge in [0.05, 0.1) is 0 Å². The topological polar surface area (TPSA) is 67.2 Å². The Hall–Kier alpha value is -2.14. The van der Waals surface area contributed by atoms with Crippen LogP contribution in [0.2, 0.25) is 0 Å². The van der Waals surface area contributed by atoms with Crippen LogP contribution in [0, 0.1) is 5.92 Å². The second-order valence-electron chi connectivity index (χ2n) is 5.83. The number of imidazole rings is 1. The molecule has 0 unspecified atom stereocenters. The quantitative estimate of drug-likeness (QED) is 0.859. The van der Waals surface area contributed by atoms with Crippen LogP contribution >= 0.6 is 0 Å². The van der Waals surface area contributed by atoms with Crippen LogP contribution in [0.1, 0.15) is 38.3 Å². The molecule has 0 bridgehead atoms. The number of rotatable bonds is 6. The molecular formula is C17H23N3O2. The van der Waals surface area contributed by atoms with E-state index in [4.69, 9.17) is 0 Å². The predicted molar refractivity (Wildman–Crippen MR) is 85.2 cm³/mol. The van der Waals surface area contributed by atoms with Gasteiger partial charge in [-0.15, -0.1) is 0 Å². The molecule has 2 rings (SSSR count). The fourth-order valence-electron chi connectivity index (χ4n) is 2.11. The van der Waals surface area contributed by atoms with Crippen LogP contribution in [-0.2, 0) is 11.3 Å². The number of aliphatic hydroxyl groups excluding tert-OH is 1. The highest BCUT2D eigenvalue weighted by Crippen LogP contribution is 2.20. The highest BCUT2D eigenvalue weighted by molar-refractivity contribution is 5.76. The summed E-state index contributed by atoms with van der Waals surface area (Å²) in [5, 5.41) is 13.4. The van der Waals surface area contributed by atoms with Gasteiger partial charge >= 0.3 is 0 Å². The lowest BCUT2D eigenvalue weighted by molar-refractivity contribution is -0.122. The number of aliphatic hydroxyl groups is 1. The fourth-order valence-corrected chi connectivity index (χ4v) is 2.11. The molecule has 0 spiro atoms. The van der Waals surface area contributed by atoms with Gasteiger partial charge in [0.15, 0.2) is 0 Å². The smallest absolute Gasteiger partial charge is 0.240 e. The van der Waals surface area contributed by atoms with Crippen molar-refractivity contribution in [1.29, 1.82) is 0 Å². The second-order valence-corrected chi connectivity index (χ2v) is 5.83. The number of carbonyl (C=O) groups is 1. The van der Waals surface area contributed by atoms with Gasteiger partial charge < -0.3 is 15.0 Å². The molecule has 5 heteroatoms. The van der Waals surface area contributed by atoms with E-state index in [0.717, 1.165) is 5.56 Å². The van der Waals surface area contributed by atoms with Crippen molar-refractivity contribution in [1.82, 2.24) is 14.9 Å². The van der Waals surface area contributed by atoms with E-state index in [9.17, 15) is 9.90 Å². The molecule has 0 saturated carbocycles. The summed E-state index contributed by atoms with van der Waals surface area (Å²) in [5.41, 5.74) is 0.755. The molecule has 2 N–H and O–H groups in total. The number of nitrogens with one attached hydrogen (secondary N) is 1. The number of hydrogen-bond acceptors (Lipinski definition) is 3. The Morgan fingerprint density at radius 1 is 1.27 bits per heavy atom. The molecule has 0 radical (unpaired) electrons. The van der Waals surface area contributed by atoms with Crippen molar-refractivity contribution in [3.63, 3.8) is 0 Å². The van der Waals surface area contributed by atoms with Gasteiger partial charge in [0.25, 0.3) is 0 Å². The summed E-state index contributed by atoms with van der Waals surface area (Å²) in [7, 11) is 0. The molecule has 22 heavy (non-hydrogen) atoms. The summed E-state index contributed by atoms with van der Waals surface area (Å²) >= 11 is 0. The molecule has 2 atom stereocenters. The Labute approximate surface area is 131 Å². The lowest BCUT2D eigenvalue weighted by Gasteiger charge is -2.18. The van der Waals surface area contributed by atoms with E-state index in [-0.39, 0.29) is 18.5 Å². The Kier molecular flexibility index (Phi) is 5.33. The molecule has 1 aromatic heterocycles. The van der Waals surface area contributed by atoms with Gasteiger partial charge in [0.1, 0.15) is 18.5 Å². The molecule has 0 aliphatic rings. The zero-order valence-corrected chi connectivity index (χ0v) is 13.2. The van der Waals surface area contributed by atoms with Gasteiger partial charge in [-0.2, -0.15) is 0 Å². The average molecular weight is 301 g/mol. The summed E-state index contributed by atoms with van der Waals surface area (Å²) in [5.74, 6) is 0.764. The highest BCUT2D eigenvalue weighted by atomic mass is 16.3. The second kappa shape index (κ2) is 7.22. The largest absolute Gasteiger partial charge is 0.380 e. The maximum absolute atomic E-state index is 12.1. The molecule has 0 saturated heterocycles. The minimum Gasteiger partial charge on any atom is -0.380 e. The minimum absolute atomic E-state index is 0.0827. The van der Waals surface area contributed by atoms with Gasteiger partial charge in [-0.1, -0.05) is 44.2 Å². The fraction of sp³-hybridized carbons (Fsp3) is 0.412. The number of carbonyl (C=O) groups excluding carboxylic acids is 1. The van der Waals surface area contributed by atoms with Gasteiger partial charge in [0, 0.05) is 18.4 Å². The van der Waals surface area contributed by atoms with Crippen LogP contribution in [-0.4, -0.2) is 26.6 Å². The Bertz CT molecular complexity index is 607. The van der Waals surface area contributed by atoms with Gasteiger partial charge in [0.2, 0.25) is 5.91 Å². The first kappa shape index (κ1) is 16.2. The van der Waals surface area contributed by atoms with Gasteiger partial charge in [-0.25, -0.2) is 4.98 Å². The van der Waals surface area contributed by atoms with Crippen molar-refractivity contribution in [2.45, 2.75) is 39.5 Å². The molecule has 2 aromatic rings. The molecular weight excluding hydrogens is 278 g/mol. The first-order valence-electron chi connectivity index (χ1n) is 7.52. The van der Waals surface area contributed by atoms with Crippen LogP contribution in [0.3, 0.4) is 0 Å². The van der Waals surface area contributed by atoms with E-state index in [1.54, 1.807) is 17.0 Å². The van der Waals surface area contributed by atoms with Crippen molar-refractivity contribution < 1.29 is 9.90 Å². The predicted octanol–water partition coefficient (Wildman–Crippen LogP) is 2.13. The third-order valence-corrected chi connectivity index (χ3v) is 3.81. The van der Waals surface area contributed by atoms with Crippen LogP contribution in [0.5, 0.6) is 0 Å². The van der Waals surface area contributed by atoms with E-state index in [2.05, 4.69) is 24.1 Å². The van der Waals surface area contributed by atoms with E-state index in [0.29, 0.717) is 11.7 Å². The summed E-state index contributed by atoms with van der Waals surface area (Å²) in [6, 6.07) is 9.41. The molecule has 1 aromatic carbocycles. The van der Waals surface area contributed by atoms with Gasteiger partial charge in [-0.3, -0.25) is 4.79 Å². The molecule has 5 nitrogen and oxygen atoms in total. The van der Waals surface area contributed by atoms with Crippen molar-refractivity contribution in [3.8, 4) is 0 Å². The lowest BCUT2D eigenvalue weighted by Crippen LogP contribution is -2.38. The van der Waals surface area contributed by atoms with Crippen LogP contribution in [0.4, 0.5) is 0 Å². The zero-order valence-electron chi connectivity index (χ0n) is 13.2. The summed E-state index contributed by atoms with van der Waals surface area (Å²) < 4.78 is 1.68. The third kappa shape index (κ3) is 3.95. The lowest BCUT2D eigenvalue weighted by atomic mass is 10.1. The zero-order chi connectivity index (χ0) is 16.1. The van der Waals surface area contributed by atoms with Crippen molar-refractivity contribution >= 4 is 5.91 Å². The van der Waals surface area contributed by atoms with Crippen LogP contribution in [0.15, 0.2) is 42.7 Å². The van der Waals surface area contributed by atoms with Crippen LogP contribution in [0.25, 0.3) is 0 Å².